The van der Waals surface area contributed by atoms with E-state index >= 15 is 0 Å². The minimum atomic E-state index is 1.27. The molecule has 5 aromatic rings. The standard InChI is InChI=1S/C25H22S4/c1-7-19-13(3)9-21(29-19)23-18-11-15(5)26-24(18)22(17-10-14(4)27-25(17)23)20-8-12(2)16(6)28-20/h7-11H,1H2,2-6H3. The molecule has 4 heteroatoms. The second kappa shape index (κ2) is 6.92. The van der Waals surface area contributed by atoms with Crippen molar-refractivity contribution in [2.24, 2.45) is 0 Å². The van der Waals surface area contributed by atoms with Gasteiger partial charge in [-0.1, -0.05) is 12.7 Å². The molecular weight excluding hydrogens is 429 g/mol. The van der Waals surface area contributed by atoms with Crippen LogP contribution in [0, 0.1) is 34.6 Å². The summed E-state index contributed by atoms with van der Waals surface area (Å²) in [7, 11) is 0. The number of hydrogen-bond acceptors (Lipinski definition) is 4. The number of aryl methyl sites for hydroxylation is 5. The Morgan fingerprint density at radius 2 is 1.17 bits per heavy atom. The lowest BCUT2D eigenvalue weighted by Gasteiger charge is -2.09. The Kier molecular flexibility index (Phi) is 4.59. The fourth-order valence-electron chi connectivity index (χ4n) is 4.02. The van der Waals surface area contributed by atoms with E-state index < -0.39 is 0 Å². The monoisotopic (exact) mass is 450 g/mol. The Morgan fingerprint density at radius 3 is 1.62 bits per heavy atom. The van der Waals surface area contributed by atoms with E-state index in [1.807, 2.05) is 51.4 Å². The van der Waals surface area contributed by atoms with Crippen LogP contribution in [0.2, 0.25) is 0 Å². The minimum absolute atomic E-state index is 1.27. The summed E-state index contributed by atoms with van der Waals surface area (Å²) in [6.45, 7) is 15.1. The van der Waals surface area contributed by atoms with Gasteiger partial charge in [-0.3, -0.25) is 0 Å². The number of benzene rings is 1. The molecule has 5 rings (SSSR count). The van der Waals surface area contributed by atoms with Crippen LogP contribution >= 0.6 is 45.3 Å². The maximum Gasteiger partial charge on any atom is 0.0445 e. The summed E-state index contributed by atoms with van der Waals surface area (Å²) in [6, 6.07) is 9.51. The lowest BCUT2D eigenvalue weighted by Crippen LogP contribution is -1.81. The molecule has 4 heterocycles. The van der Waals surface area contributed by atoms with E-state index in [-0.39, 0.29) is 0 Å². The number of rotatable bonds is 3. The molecule has 0 aliphatic carbocycles. The third-order valence-electron chi connectivity index (χ3n) is 5.50. The van der Waals surface area contributed by atoms with Crippen molar-refractivity contribution in [2.45, 2.75) is 34.6 Å². The lowest BCUT2D eigenvalue weighted by molar-refractivity contribution is 1.44. The molecule has 0 nitrogen and oxygen atoms in total. The summed E-state index contributed by atoms with van der Waals surface area (Å²) in [5, 5.41) is 2.81. The predicted octanol–water partition coefficient (Wildman–Crippen LogP) is 9.76. The van der Waals surface area contributed by atoms with Crippen molar-refractivity contribution in [1.29, 1.82) is 0 Å². The second-order valence-electron chi connectivity index (χ2n) is 7.66. The zero-order chi connectivity index (χ0) is 20.4. The Balaban J connectivity index is 1.96. The third-order valence-corrected chi connectivity index (χ3v) is 10.1. The van der Waals surface area contributed by atoms with Gasteiger partial charge in [-0.25, -0.2) is 0 Å². The van der Waals surface area contributed by atoms with Crippen LogP contribution in [0.3, 0.4) is 0 Å². The first-order valence-corrected chi connectivity index (χ1v) is 12.9. The van der Waals surface area contributed by atoms with Crippen molar-refractivity contribution in [3.05, 3.63) is 61.5 Å². The SMILES string of the molecule is C=Cc1sc(-c2c3cc(C)sc3c(-c3cc(C)c(C)s3)c3cc(C)sc23)cc1C. The normalized spacial score (nSPS) is 11.8. The number of hydrogen-bond donors (Lipinski definition) is 0. The van der Waals surface area contributed by atoms with Gasteiger partial charge in [0.2, 0.25) is 0 Å². The molecule has 0 aliphatic rings. The largest absolute Gasteiger partial charge is 0.140 e. The predicted molar refractivity (Wildman–Crippen MR) is 138 cm³/mol. The van der Waals surface area contributed by atoms with Crippen molar-refractivity contribution in [3.63, 3.8) is 0 Å². The summed E-state index contributed by atoms with van der Waals surface area (Å²) in [6.07, 6.45) is 1.99. The molecule has 0 saturated heterocycles. The highest BCUT2D eigenvalue weighted by atomic mass is 32.1. The summed E-state index contributed by atoms with van der Waals surface area (Å²) < 4.78 is 2.85. The van der Waals surface area contributed by atoms with Crippen LogP contribution < -0.4 is 0 Å². The highest BCUT2D eigenvalue weighted by Gasteiger charge is 2.22. The molecule has 0 atom stereocenters. The zero-order valence-corrected chi connectivity index (χ0v) is 20.5. The van der Waals surface area contributed by atoms with Crippen molar-refractivity contribution < 1.29 is 0 Å². The Bertz CT molecular complexity index is 1340. The van der Waals surface area contributed by atoms with Crippen LogP contribution in [0.4, 0.5) is 0 Å². The van der Waals surface area contributed by atoms with E-state index in [9.17, 15) is 0 Å². The Labute approximate surface area is 187 Å². The molecule has 0 N–H and O–H groups in total. The van der Waals surface area contributed by atoms with Gasteiger partial charge >= 0.3 is 0 Å². The van der Waals surface area contributed by atoms with Crippen molar-refractivity contribution in [1.82, 2.24) is 0 Å². The fourth-order valence-corrected chi connectivity index (χ4v) is 8.53. The third kappa shape index (κ3) is 2.97. The fraction of sp³-hybridized carbons (Fsp3) is 0.200. The van der Waals surface area contributed by atoms with E-state index in [0.717, 1.165) is 0 Å². The van der Waals surface area contributed by atoms with Crippen LogP contribution in [0.5, 0.6) is 0 Å². The first kappa shape index (κ1) is 19.3. The zero-order valence-electron chi connectivity index (χ0n) is 17.2. The van der Waals surface area contributed by atoms with Gasteiger partial charge in [0.25, 0.3) is 0 Å². The molecule has 0 spiro atoms. The van der Waals surface area contributed by atoms with Crippen molar-refractivity contribution >= 4 is 71.6 Å². The quantitative estimate of drug-likeness (QED) is 0.256. The Morgan fingerprint density at radius 1 is 0.655 bits per heavy atom. The van der Waals surface area contributed by atoms with Crippen LogP contribution in [0.25, 0.3) is 47.1 Å². The average Bonchev–Trinajstić information content (AvgIpc) is 3.39. The van der Waals surface area contributed by atoms with Crippen LogP contribution in [0.1, 0.15) is 30.6 Å². The molecule has 0 aliphatic heterocycles. The molecule has 0 radical (unpaired) electrons. The van der Waals surface area contributed by atoms with Crippen LogP contribution in [0.15, 0.2) is 30.8 Å². The van der Waals surface area contributed by atoms with E-state index in [4.69, 9.17) is 0 Å². The molecule has 4 aromatic heterocycles. The first-order chi connectivity index (χ1) is 13.9. The molecule has 0 unspecified atom stereocenters. The highest BCUT2D eigenvalue weighted by Crippen LogP contribution is 2.52. The maximum absolute atomic E-state index is 4.01. The summed E-state index contributed by atoms with van der Waals surface area (Å²) in [4.78, 5) is 8.19. The smallest absolute Gasteiger partial charge is 0.0445 e. The van der Waals surface area contributed by atoms with E-state index in [1.165, 1.54) is 71.7 Å². The first-order valence-electron chi connectivity index (χ1n) is 9.64. The van der Waals surface area contributed by atoms with E-state index in [0.29, 0.717) is 0 Å². The lowest BCUT2D eigenvalue weighted by atomic mass is 9.99. The molecule has 0 fully saturated rings. The van der Waals surface area contributed by atoms with Gasteiger partial charge in [0.1, 0.15) is 0 Å². The van der Waals surface area contributed by atoms with Gasteiger partial charge in [0.05, 0.1) is 0 Å². The van der Waals surface area contributed by atoms with Gasteiger partial charge < -0.3 is 0 Å². The van der Waals surface area contributed by atoms with Gasteiger partial charge in [0.15, 0.2) is 0 Å². The molecule has 1 aromatic carbocycles. The van der Waals surface area contributed by atoms with Gasteiger partial charge in [0, 0.05) is 60.6 Å². The average molecular weight is 451 g/mol. The molecule has 0 amide bonds. The summed E-state index contributed by atoms with van der Waals surface area (Å²) in [5.41, 5.74) is 5.54. The molecule has 0 bridgehead atoms. The summed E-state index contributed by atoms with van der Waals surface area (Å²) in [5.74, 6) is 0. The molecule has 146 valence electrons. The summed E-state index contributed by atoms with van der Waals surface area (Å²) >= 11 is 7.66. The second-order valence-corrected chi connectivity index (χ2v) is 12.5. The molecule has 0 saturated carbocycles. The molecular formula is C25H22S4. The topological polar surface area (TPSA) is 0 Å². The molecule has 29 heavy (non-hydrogen) atoms. The van der Waals surface area contributed by atoms with E-state index in [2.05, 4.69) is 65.5 Å². The van der Waals surface area contributed by atoms with Crippen molar-refractivity contribution in [3.8, 4) is 20.9 Å². The Hall–Kier alpha value is -1.72. The van der Waals surface area contributed by atoms with Gasteiger partial charge in [-0.2, -0.15) is 0 Å². The van der Waals surface area contributed by atoms with Gasteiger partial charge in [-0.05, 0) is 70.0 Å². The van der Waals surface area contributed by atoms with Crippen LogP contribution in [-0.4, -0.2) is 0 Å². The highest BCUT2D eigenvalue weighted by molar-refractivity contribution is 7.23. The van der Waals surface area contributed by atoms with Gasteiger partial charge in [-0.15, -0.1) is 45.3 Å². The van der Waals surface area contributed by atoms with E-state index in [1.54, 1.807) is 0 Å². The van der Waals surface area contributed by atoms with Crippen molar-refractivity contribution in [2.75, 3.05) is 0 Å². The maximum atomic E-state index is 4.01. The number of fused-ring (bicyclic) bond motifs is 2. The minimum Gasteiger partial charge on any atom is -0.140 e. The number of thiophene rings is 4. The van der Waals surface area contributed by atoms with Crippen LogP contribution in [-0.2, 0) is 0 Å².